The molecule has 76 valence electrons. The van der Waals surface area contributed by atoms with Gasteiger partial charge in [-0.1, -0.05) is 12.2 Å². The summed E-state index contributed by atoms with van der Waals surface area (Å²) in [7, 11) is 0. The summed E-state index contributed by atoms with van der Waals surface area (Å²) in [5.74, 6) is -0.0300. The Hall–Kier alpha value is -0.900. The highest BCUT2D eigenvalue weighted by molar-refractivity contribution is 9.10. The molecule has 0 radical (unpaired) electrons. The van der Waals surface area contributed by atoms with Crippen LogP contribution in [0.15, 0.2) is 28.9 Å². The molecule has 0 atom stereocenters. The maximum absolute atomic E-state index is 13.2. The first kappa shape index (κ1) is 11.2. The van der Waals surface area contributed by atoms with Gasteiger partial charge in [0.15, 0.2) is 11.6 Å². The first-order valence-electron chi connectivity index (χ1n) is 4.40. The monoisotopic (exact) mass is 258 g/mol. The predicted octanol–water partition coefficient (Wildman–Crippen LogP) is 3.36. The van der Waals surface area contributed by atoms with Gasteiger partial charge in [-0.3, -0.25) is 0 Å². The van der Waals surface area contributed by atoms with Gasteiger partial charge < -0.3 is 5.32 Å². The largest absolute Gasteiger partial charge is 0.367 e. The van der Waals surface area contributed by atoms with Crippen LogP contribution in [0.25, 0.3) is 0 Å². The average Bonchev–Trinajstić information content (AvgIpc) is 2.15. The maximum atomic E-state index is 13.2. The first-order valence-corrected chi connectivity index (χ1v) is 5.19. The molecule has 1 heterocycles. The lowest BCUT2D eigenvalue weighted by atomic mass is 10.3. The van der Waals surface area contributed by atoms with Crippen LogP contribution in [0.5, 0.6) is 0 Å². The molecule has 0 unspecified atom stereocenters. The van der Waals surface area contributed by atoms with Gasteiger partial charge in [-0.25, -0.2) is 9.37 Å². The van der Waals surface area contributed by atoms with E-state index in [1.165, 1.54) is 6.07 Å². The minimum Gasteiger partial charge on any atom is -0.367 e. The van der Waals surface area contributed by atoms with Gasteiger partial charge in [-0.15, -0.1) is 0 Å². The van der Waals surface area contributed by atoms with Crippen molar-refractivity contribution >= 4 is 21.7 Å². The molecule has 0 bridgehead atoms. The van der Waals surface area contributed by atoms with Crippen molar-refractivity contribution in [1.82, 2.24) is 4.98 Å². The van der Waals surface area contributed by atoms with Crippen molar-refractivity contribution in [1.29, 1.82) is 0 Å². The van der Waals surface area contributed by atoms with E-state index in [1.807, 2.05) is 19.1 Å². The molecule has 0 saturated carbocycles. The fourth-order valence-electron chi connectivity index (χ4n) is 0.985. The number of nitrogens with zero attached hydrogens (tertiary/aromatic N) is 1. The Morgan fingerprint density at radius 1 is 1.64 bits per heavy atom. The van der Waals surface area contributed by atoms with Gasteiger partial charge in [-0.05, 0) is 35.3 Å². The molecule has 1 aromatic heterocycles. The molecular weight excluding hydrogens is 247 g/mol. The molecular formula is C10H12BrFN2. The van der Waals surface area contributed by atoms with E-state index in [1.54, 1.807) is 6.20 Å². The molecule has 4 heteroatoms. The van der Waals surface area contributed by atoms with Crippen molar-refractivity contribution in [2.45, 2.75) is 13.3 Å². The van der Waals surface area contributed by atoms with Crippen LogP contribution in [-0.2, 0) is 0 Å². The summed E-state index contributed by atoms with van der Waals surface area (Å²) in [5.41, 5.74) is 0. The van der Waals surface area contributed by atoms with Crippen molar-refractivity contribution in [2.24, 2.45) is 0 Å². The van der Waals surface area contributed by atoms with Crippen molar-refractivity contribution in [3.05, 3.63) is 34.7 Å². The third-order valence-corrected chi connectivity index (χ3v) is 2.08. The Kier molecular flexibility index (Phi) is 4.59. The minimum atomic E-state index is -0.333. The summed E-state index contributed by atoms with van der Waals surface area (Å²) in [6.07, 6.45) is 6.42. The number of hydrogen-bond acceptors (Lipinski definition) is 2. The Bertz CT molecular complexity index is 326. The predicted molar refractivity (Wildman–Crippen MR) is 59.8 cm³/mol. The summed E-state index contributed by atoms with van der Waals surface area (Å²) in [6.45, 7) is 2.65. The molecule has 14 heavy (non-hydrogen) atoms. The second-order valence-corrected chi connectivity index (χ2v) is 3.68. The summed E-state index contributed by atoms with van der Waals surface area (Å²) in [6, 6.07) is 1.39. The standard InChI is InChI=1S/C10H12BrFN2/c1-2-3-4-5-13-10-9(12)6-8(11)7-14-10/h2-3,6-7H,4-5H2,1H3,(H,13,14)/b3-2+. The molecule has 0 amide bonds. The van der Waals surface area contributed by atoms with Crippen LogP contribution in [-0.4, -0.2) is 11.5 Å². The van der Waals surface area contributed by atoms with E-state index < -0.39 is 0 Å². The first-order chi connectivity index (χ1) is 6.74. The summed E-state index contributed by atoms with van der Waals surface area (Å²) in [4.78, 5) is 3.92. The highest BCUT2D eigenvalue weighted by Gasteiger charge is 2.02. The highest BCUT2D eigenvalue weighted by atomic mass is 79.9. The van der Waals surface area contributed by atoms with Gasteiger partial charge in [0.1, 0.15) is 0 Å². The van der Waals surface area contributed by atoms with E-state index in [0.717, 1.165) is 6.42 Å². The van der Waals surface area contributed by atoms with Gasteiger partial charge >= 0.3 is 0 Å². The van der Waals surface area contributed by atoms with Gasteiger partial charge in [0.2, 0.25) is 0 Å². The highest BCUT2D eigenvalue weighted by Crippen LogP contribution is 2.15. The van der Waals surface area contributed by atoms with E-state index in [2.05, 4.69) is 26.2 Å². The van der Waals surface area contributed by atoms with E-state index in [0.29, 0.717) is 16.8 Å². The second-order valence-electron chi connectivity index (χ2n) is 2.77. The van der Waals surface area contributed by atoms with Gasteiger partial charge in [-0.2, -0.15) is 0 Å². The molecule has 0 aliphatic rings. The van der Waals surface area contributed by atoms with E-state index in [4.69, 9.17) is 0 Å². The maximum Gasteiger partial charge on any atom is 0.166 e. The fourth-order valence-corrected chi connectivity index (χ4v) is 1.29. The normalized spacial score (nSPS) is 10.8. The Labute approximate surface area is 91.4 Å². The molecule has 2 nitrogen and oxygen atoms in total. The number of allylic oxidation sites excluding steroid dienone is 1. The van der Waals surface area contributed by atoms with Crippen LogP contribution < -0.4 is 5.32 Å². The lowest BCUT2D eigenvalue weighted by molar-refractivity contribution is 0.623. The molecule has 0 spiro atoms. The van der Waals surface area contributed by atoms with Gasteiger partial charge in [0.05, 0.1) is 0 Å². The third-order valence-electron chi connectivity index (χ3n) is 1.65. The van der Waals surface area contributed by atoms with Crippen molar-refractivity contribution in [3.8, 4) is 0 Å². The number of rotatable bonds is 4. The molecule has 0 aliphatic carbocycles. The smallest absolute Gasteiger partial charge is 0.166 e. The summed E-state index contributed by atoms with van der Waals surface area (Å²) >= 11 is 3.15. The average molecular weight is 259 g/mol. The molecule has 1 rings (SSSR count). The number of halogens is 2. The fraction of sp³-hybridized carbons (Fsp3) is 0.300. The van der Waals surface area contributed by atoms with Crippen molar-refractivity contribution in [3.63, 3.8) is 0 Å². The van der Waals surface area contributed by atoms with Gasteiger partial charge in [0.25, 0.3) is 0 Å². The van der Waals surface area contributed by atoms with Crippen molar-refractivity contribution < 1.29 is 4.39 Å². The van der Waals surface area contributed by atoms with Crippen LogP contribution in [0.3, 0.4) is 0 Å². The third kappa shape index (κ3) is 3.46. The quantitative estimate of drug-likeness (QED) is 0.662. The number of hydrogen-bond donors (Lipinski definition) is 1. The second kappa shape index (κ2) is 5.75. The Morgan fingerprint density at radius 3 is 3.07 bits per heavy atom. The van der Waals surface area contributed by atoms with Crippen LogP contribution in [0, 0.1) is 5.82 Å². The van der Waals surface area contributed by atoms with E-state index in [-0.39, 0.29) is 5.82 Å². The SMILES string of the molecule is C/C=C/CCNc1ncc(Br)cc1F. The zero-order valence-corrected chi connectivity index (χ0v) is 9.51. The lowest BCUT2D eigenvalue weighted by Crippen LogP contribution is -2.04. The number of aromatic nitrogens is 1. The zero-order chi connectivity index (χ0) is 10.4. The number of pyridine rings is 1. The number of nitrogens with one attached hydrogen (secondary N) is 1. The number of anilines is 1. The van der Waals surface area contributed by atoms with Crippen LogP contribution in [0.1, 0.15) is 13.3 Å². The topological polar surface area (TPSA) is 24.9 Å². The molecule has 0 saturated heterocycles. The van der Waals surface area contributed by atoms with E-state index in [9.17, 15) is 4.39 Å². The zero-order valence-electron chi connectivity index (χ0n) is 7.93. The molecule has 0 aliphatic heterocycles. The summed E-state index contributed by atoms with van der Waals surface area (Å²) < 4.78 is 13.8. The minimum absolute atomic E-state index is 0.303. The van der Waals surface area contributed by atoms with Crippen LogP contribution in [0.2, 0.25) is 0 Å². The molecule has 1 N–H and O–H groups in total. The van der Waals surface area contributed by atoms with Crippen LogP contribution >= 0.6 is 15.9 Å². The Balaban J connectivity index is 2.50. The Morgan fingerprint density at radius 2 is 2.43 bits per heavy atom. The van der Waals surface area contributed by atoms with Gasteiger partial charge in [0, 0.05) is 17.2 Å². The van der Waals surface area contributed by atoms with Crippen molar-refractivity contribution in [2.75, 3.05) is 11.9 Å². The molecule has 0 aromatic carbocycles. The molecule has 1 aromatic rings. The van der Waals surface area contributed by atoms with E-state index >= 15 is 0 Å². The lowest BCUT2D eigenvalue weighted by Gasteiger charge is -2.04. The van der Waals surface area contributed by atoms with Crippen LogP contribution in [0.4, 0.5) is 10.2 Å². The summed E-state index contributed by atoms with van der Waals surface area (Å²) in [5, 5.41) is 2.92. The molecule has 0 fully saturated rings.